The van der Waals surface area contributed by atoms with Crippen LogP contribution >= 0.6 is 0 Å². The average molecular weight is 424 g/mol. The molecular weight excluding hydrogens is 394 g/mol. The number of ether oxygens (including phenoxy) is 2. The lowest BCUT2D eigenvalue weighted by Gasteiger charge is -2.48. The first kappa shape index (κ1) is 21.3. The second kappa shape index (κ2) is 8.67. The Labute approximate surface area is 174 Å². The Bertz CT molecular complexity index is 909. The number of halogens is 2. The molecule has 0 unspecified atom stereocenters. The molecule has 2 heterocycles. The van der Waals surface area contributed by atoms with E-state index in [1.54, 1.807) is 4.57 Å². The Morgan fingerprint density at radius 1 is 1.20 bits per heavy atom. The molecule has 1 saturated heterocycles. The van der Waals surface area contributed by atoms with Crippen LogP contribution in [-0.4, -0.2) is 47.4 Å². The number of benzene rings is 1. The zero-order chi connectivity index (χ0) is 21.3. The normalized spacial score (nSPS) is 26.5. The number of nitrogens with zero attached hydrogens (tertiary/aromatic N) is 2. The number of hydrogen-bond donors (Lipinski definition) is 0. The third kappa shape index (κ3) is 4.25. The molecule has 6 nitrogen and oxygen atoms in total. The van der Waals surface area contributed by atoms with Crippen LogP contribution in [0.4, 0.5) is 8.78 Å². The van der Waals surface area contributed by atoms with Crippen molar-refractivity contribution in [2.75, 3.05) is 19.7 Å². The summed E-state index contributed by atoms with van der Waals surface area (Å²) in [5.41, 5.74) is 1.07. The van der Waals surface area contributed by atoms with Crippen molar-refractivity contribution in [3.8, 4) is 5.75 Å². The van der Waals surface area contributed by atoms with E-state index >= 15 is 0 Å². The van der Waals surface area contributed by atoms with Crippen molar-refractivity contribution in [2.45, 2.75) is 76.7 Å². The van der Waals surface area contributed by atoms with Gasteiger partial charge in [-0.05, 0) is 64.5 Å². The molecule has 0 atom stereocenters. The van der Waals surface area contributed by atoms with E-state index < -0.39 is 12.4 Å². The van der Waals surface area contributed by atoms with Crippen molar-refractivity contribution in [3.63, 3.8) is 0 Å². The molecule has 0 N–H and O–H groups in total. The summed E-state index contributed by atoms with van der Waals surface area (Å²) in [6.07, 6.45) is 6.42. The molecule has 2 aromatic rings. The number of piperidine rings is 1. The molecule has 166 valence electrons. The predicted molar refractivity (Wildman–Crippen MR) is 109 cm³/mol. The minimum absolute atomic E-state index is 0.0137. The van der Waals surface area contributed by atoms with E-state index in [0.29, 0.717) is 17.2 Å². The number of alkyl halides is 2. The summed E-state index contributed by atoms with van der Waals surface area (Å²) in [5, 5.41) is 0. The Morgan fingerprint density at radius 3 is 2.53 bits per heavy atom. The maximum atomic E-state index is 12.6. The topological polar surface area (TPSA) is 56.8 Å². The molecule has 8 heteroatoms. The molecule has 1 saturated carbocycles. The molecule has 0 radical (unpaired) electrons. The van der Waals surface area contributed by atoms with Gasteiger partial charge in [0.15, 0.2) is 5.58 Å². The second-order valence-electron chi connectivity index (χ2n) is 8.62. The summed E-state index contributed by atoms with van der Waals surface area (Å²) in [5.74, 6) is -0.413. The van der Waals surface area contributed by atoms with Gasteiger partial charge in [-0.1, -0.05) is 0 Å². The molecule has 0 bridgehead atoms. The molecule has 1 aromatic heterocycles. The molecule has 2 aliphatic rings. The van der Waals surface area contributed by atoms with E-state index in [4.69, 9.17) is 9.15 Å². The van der Waals surface area contributed by atoms with Gasteiger partial charge in [-0.25, -0.2) is 4.79 Å². The smallest absolute Gasteiger partial charge is 0.420 e. The fourth-order valence-electron chi connectivity index (χ4n) is 5.13. The highest BCUT2D eigenvalue weighted by Gasteiger charge is 2.38. The Hall–Kier alpha value is -1.93. The van der Waals surface area contributed by atoms with Crippen molar-refractivity contribution >= 4 is 11.1 Å². The maximum absolute atomic E-state index is 12.6. The van der Waals surface area contributed by atoms with Crippen LogP contribution in [0.3, 0.4) is 0 Å². The molecule has 30 heavy (non-hydrogen) atoms. The SMILES string of the molecule is CCO[C@H]1CC[C@](C)(N2CCC(n3c(=O)oc4ccc(OC(F)F)cc43)CC2)CC1. The Morgan fingerprint density at radius 2 is 1.90 bits per heavy atom. The maximum Gasteiger partial charge on any atom is 0.420 e. The summed E-state index contributed by atoms with van der Waals surface area (Å²) in [6, 6.07) is 4.36. The lowest BCUT2D eigenvalue weighted by atomic mass is 9.79. The lowest BCUT2D eigenvalue weighted by Crippen LogP contribution is -2.52. The number of oxazole rings is 1. The summed E-state index contributed by atoms with van der Waals surface area (Å²) in [4.78, 5) is 15.0. The van der Waals surface area contributed by atoms with Crippen LogP contribution in [0, 0.1) is 0 Å². The zero-order valence-corrected chi connectivity index (χ0v) is 17.6. The van der Waals surface area contributed by atoms with Crippen molar-refractivity contribution in [1.82, 2.24) is 9.47 Å². The van der Waals surface area contributed by atoms with Gasteiger partial charge in [-0.2, -0.15) is 8.78 Å². The first-order valence-electron chi connectivity index (χ1n) is 10.9. The third-order valence-corrected chi connectivity index (χ3v) is 6.81. The van der Waals surface area contributed by atoms with E-state index in [0.717, 1.165) is 58.2 Å². The highest BCUT2D eigenvalue weighted by atomic mass is 19.3. The average Bonchev–Trinajstić information content (AvgIpc) is 3.05. The van der Waals surface area contributed by atoms with Crippen LogP contribution in [0.1, 0.15) is 58.4 Å². The highest BCUT2D eigenvalue weighted by Crippen LogP contribution is 2.38. The van der Waals surface area contributed by atoms with Crippen molar-refractivity contribution in [3.05, 3.63) is 28.7 Å². The summed E-state index contributed by atoms with van der Waals surface area (Å²) >= 11 is 0. The molecule has 2 fully saturated rings. The van der Waals surface area contributed by atoms with Crippen LogP contribution in [-0.2, 0) is 4.74 Å². The molecule has 1 aliphatic heterocycles. The van der Waals surface area contributed by atoms with Crippen molar-refractivity contribution in [1.29, 1.82) is 0 Å². The van der Waals surface area contributed by atoms with E-state index in [1.165, 1.54) is 18.2 Å². The van der Waals surface area contributed by atoms with Gasteiger partial charge >= 0.3 is 12.4 Å². The van der Waals surface area contributed by atoms with Gasteiger partial charge < -0.3 is 13.9 Å². The quantitative estimate of drug-likeness (QED) is 0.680. The van der Waals surface area contributed by atoms with E-state index in [1.807, 2.05) is 6.92 Å². The molecule has 1 aliphatic carbocycles. The van der Waals surface area contributed by atoms with E-state index in [-0.39, 0.29) is 17.3 Å². The minimum Gasteiger partial charge on any atom is -0.435 e. The van der Waals surface area contributed by atoms with Gasteiger partial charge in [0.2, 0.25) is 0 Å². The van der Waals surface area contributed by atoms with Crippen LogP contribution in [0.25, 0.3) is 11.1 Å². The van der Waals surface area contributed by atoms with Gasteiger partial charge in [0, 0.05) is 37.3 Å². The third-order valence-electron chi connectivity index (χ3n) is 6.81. The molecule has 4 rings (SSSR count). The number of rotatable bonds is 6. The summed E-state index contributed by atoms with van der Waals surface area (Å²) in [7, 11) is 0. The molecule has 1 aromatic carbocycles. The minimum atomic E-state index is -2.91. The first-order chi connectivity index (χ1) is 14.4. The standard InChI is InChI=1S/C22H30F2N2O4/c1-3-28-16-6-10-22(2,11-7-16)25-12-8-15(9-13-25)26-18-14-17(29-20(23)24)4-5-19(18)30-21(26)27/h4-5,14-16,20H,3,6-13H2,1-2H3/t16-,22-. The Kier molecular flexibility index (Phi) is 6.16. The molecule has 0 amide bonds. The van der Waals surface area contributed by atoms with Gasteiger partial charge in [0.1, 0.15) is 5.75 Å². The lowest BCUT2D eigenvalue weighted by molar-refractivity contribution is -0.0497. The second-order valence-corrected chi connectivity index (χ2v) is 8.62. The van der Waals surface area contributed by atoms with Gasteiger partial charge in [-0.3, -0.25) is 9.47 Å². The molecule has 0 spiro atoms. The van der Waals surface area contributed by atoms with E-state index in [2.05, 4.69) is 16.6 Å². The van der Waals surface area contributed by atoms with Crippen LogP contribution < -0.4 is 10.5 Å². The Balaban J connectivity index is 1.46. The number of hydrogen-bond acceptors (Lipinski definition) is 5. The van der Waals surface area contributed by atoms with E-state index in [9.17, 15) is 13.6 Å². The molecular formula is C22H30F2N2O4. The van der Waals surface area contributed by atoms with Gasteiger partial charge in [-0.15, -0.1) is 0 Å². The predicted octanol–water partition coefficient (Wildman–Crippen LogP) is 4.57. The number of likely N-dealkylation sites (tertiary alicyclic amines) is 1. The first-order valence-corrected chi connectivity index (χ1v) is 10.9. The van der Waals surface area contributed by atoms with Gasteiger partial charge in [0.05, 0.1) is 11.6 Å². The van der Waals surface area contributed by atoms with Crippen LogP contribution in [0.5, 0.6) is 5.75 Å². The largest absolute Gasteiger partial charge is 0.435 e. The fraction of sp³-hybridized carbons (Fsp3) is 0.682. The highest BCUT2D eigenvalue weighted by molar-refractivity contribution is 5.75. The number of fused-ring (bicyclic) bond motifs is 1. The zero-order valence-electron chi connectivity index (χ0n) is 17.6. The van der Waals surface area contributed by atoms with Crippen molar-refractivity contribution < 1.29 is 22.7 Å². The van der Waals surface area contributed by atoms with Crippen LogP contribution in [0.15, 0.2) is 27.4 Å². The van der Waals surface area contributed by atoms with Crippen molar-refractivity contribution in [2.24, 2.45) is 0 Å². The monoisotopic (exact) mass is 424 g/mol. The fourth-order valence-corrected chi connectivity index (χ4v) is 5.13. The number of aromatic nitrogens is 1. The van der Waals surface area contributed by atoms with Gasteiger partial charge in [0.25, 0.3) is 0 Å². The van der Waals surface area contributed by atoms with Crippen LogP contribution in [0.2, 0.25) is 0 Å². The summed E-state index contributed by atoms with van der Waals surface area (Å²) < 4.78 is 42.4. The summed E-state index contributed by atoms with van der Waals surface area (Å²) in [6.45, 7) is 4.03.